The van der Waals surface area contributed by atoms with Crippen LogP contribution in [0.5, 0.6) is 23.0 Å². The predicted octanol–water partition coefficient (Wildman–Crippen LogP) is 1.35. The number of methoxy groups -OCH3 is 4. The second kappa shape index (κ2) is 27.4. The predicted molar refractivity (Wildman–Crippen MR) is 238 cm³/mol. The van der Waals surface area contributed by atoms with Crippen LogP contribution >= 0.6 is 24.8 Å². The van der Waals surface area contributed by atoms with Gasteiger partial charge in [-0.15, -0.1) is 24.8 Å². The van der Waals surface area contributed by atoms with Gasteiger partial charge in [-0.2, -0.15) is 0 Å². The monoisotopic (exact) mass is 914 g/mol. The first-order valence-electron chi connectivity index (χ1n) is 19.4. The molecule has 0 spiro atoms. The quantitative estimate of drug-likeness (QED) is 0.0195. The average Bonchev–Trinajstić information content (AvgIpc) is 3.72. The summed E-state index contributed by atoms with van der Waals surface area (Å²) in [6.07, 6.45) is 4.68. The van der Waals surface area contributed by atoms with Crippen molar-refractivity contribution < 1.29 is 48.3 Å². The van der Waals surface area contributed by atoms with E-state index >= 15 is 0 Å². The Morgan fingerprint density at radius 2 is 1.55 bits per heavy atom. The van der Waals surface area contributed by atoms with Gasteiger partial charge in [0, 0.05) is 13.1 Å². The first-order chi connectivity index (χ1) is 28.7. The van der Waals surface area contributed by atoms with E-state index in [0.717, 1.165) is 5.56 Å². The Morgan fingerprint density at radius 1 is 0.919 bits per heavy atom. The lowest BCUT2D eigenvalue weighted by molar-refractivity contribution is -0.525. The second-order valence-electron chi connectivity index (χ2n) is 13.9. The van der Waals surface area contributed by atoms with Gasteiger partial charge in [-0.1, -0.05) is 23.6 Å². The number of carbonyl (C=O) groups excluding carboxylic acids is 4. The minimum absolute atomic E-state index is 0. The van der Waals surface area contributed by atoms with Crippen molar-refractivity contribution in [2.45, 2.75) is 82.1 Å². The number of ether oxygens (including phenoxy) is 4. The van der Waals surface area contributed by atoms with Gasteiger partial charge in [-0.3, -0.25) is 19.2 Å². The van der Waals surface area contributed by atoms with E-state index in [9.17, 15) is 34.4 Å². The Hall–Kier alpha value is -5.61. The van der Waals surface area contributed by atoms with E-state index in [1.165, 1.54) is 40.3 Å². The zero-order valence-corrected chi connectivity index (χ0v) is 37.1. The standard InChI is InChI=1S/C39H58N10O11.2ClH/c1-23(50)33(41)37(53)45-27(10-6-7-17-40)38(54)48-19-9-12-29(48)36(52)44-26(11-8-18-43-39(42)47-49(55)56)35(51)46-28-20-24(15-16-30(28)57-2)13-14-25-21-31(58-3)34(60-5)32(22-25)59-4;;/h13-16,20-23,26-27,29,33,50H,6-12,17-19,40-41H2,1-5H3,(H,44,52)(H,45,53)(H,46,51)(H3,42,43,47);2*1H/b14-13-;;/t23-,26+,27+,29+,33+;;/m1../s1. The van der Waals surface area contributed by atoms with Gasteiger partial charge in [0.25, 0.3) is 5.96 Å². The zero-order valence-electron chi connectivity index (χ0n) is 35.4. The molecule has 1 heterocycles. The number of carbonyl (C=O) groups is 4. The molecule has 23 heteroatoms. The van der Waals surface area contributed by atoms with E-state index in [2.05, 4.69) is 20.9 Å². The summed E-state index contributed by atoms with van der Waals surface area (Å²) in [6, 6.07) is 4.18. The van der Waals surface area contributed by atoms with Gasteiger partial charge in [-0.05, 0) is 93.8 Å². The lowest BCUT2D eigenvalue weighted by Gasteiger charge is -2.30. The maximum Gasteiger partial charge on any atom is 0.251 e. The number of rotatable bonds is 23. The fraction of sp³-hybridized carbons (Fsp3) is 0.513. The second-order valence-corrected chi connectivity index (χ2v) is 13.9. The molecule has 1 fully saturated rings. The summed E-state index contributed by atoms with van der Waals surface area (Å²) in [6.45, 7) is 1.91. The average molecular weight is 916 g/mol. The van der Waals surface area contributed by atoms with Gasteiger partial charge < -0.3 is 62.1 Å². The molecule has 2 aromatic carbocycles. The van der Waals surface area contributed by atoms with Crippen LogP contribution in [0.4, 0.5) is 5.69 Å². The van der Waals surface area contributed by atoms with Gasteiger partial charge in [-0.25, -0.2) is 15.1 Å². The fourth-order valence-corrected chi connectivity index (χ4v) is 6.44. The summed E-state index contributed by atoms with van der Waals surface area (Å²) >= 11 is 0. The molecule has 3 rings (SSSR count). The van der Waals surface area contributed by atoms with Crippen LogP contribution in [0.2, 0.25) is 0 Å². The van der Waals surface area contributed by atoms with E-state index in [-0.39, 0.29) is 69.3 Å². The molecular weight excluding hydrogens is 855 g/mol. The molecule has 0 saturated carbocycles. The minimum Gasteiger partial charge on any atom is -0.495 e. The topological polar surface area (TPSA) is 310 Å². The number of nitrogens with two attached hydrogens (primary N) is 3. The number of hydrazine groups is 1. The largest absolute Gasteiger partial charge is 0.495 e. The molecule has 0 radical (unpaired) electrons. The zero-order chi connectivity index (χ0) is 44.4. The third-order valence-electron chi connectivity index (χ3n) is 9.63. The number of nitro groups is 1. The number of likely N-dealkylation sites (tertiary alicyclic amines) is 1. The molecule has 5 atom stereocenters. The molecule has 2 aromatic rings. The molecule has 1 aliphatic rings. The van der Waals surface area contributed by atoms with E-state index in [4.69, 9.17) is 36.1 Å². The fourth-order valence-electron chi connectivity index (χ4n) is 6.44. The van der Waals surface area contributed by atoms with Gasteiger partial charge >= 0.3 is 0 Å². The van der Waals surface area contributed by atoms with Crippen LogP contribution in [0.25, 0.3) is 12.2 Å². The number of aliphatic hydroxyl groups is 1. The highest BCUT2D eigenvalue weighted by molar-refractivity contribution is 6.00. The lowest BCUT2D eigenvalue weighted by atomic mass is 10.0. The molecule has 0 aromatic heterocycles. The highest BCUT2D eigenvalue weighted by Crippen LogP contribution is 2.39. The summed E-state index contributed by atoms with van der Waals surface area (Å²) < 4.78 is 21.9. The number of guanidine groups is 1. The van der Waals surface area contributed by atoms with Gasteiger partial charge in [0.2, 0.25) is 29.4 Å². The van der Waals surface area contributed by atoms with Crippen LogP contribution in [0.3, 0.4) is 0 Å². The number of hydrogen-bond donors (Lipinski definition) is 8. The molecule has 0 unspecified atom stereocenters. The molecule has 0 aliphatic carbocycles. The van der Waals surface area contributed by atoms with E-state index in [0.29, 0.717) is 54.4 Å². The minimum atomic E-state index is -1.28. The van der Waals surface area contributed by atoms with Gasteiger partial charge in [0.05, 0.1) is 40.2 Å². The number of hydrogen-bond acceptors (Lipinski definition) is 14. The van der Waals surface area contributed by atoms with Crippen molar-refractivity contribution in [3.05, 3.63) is 51.6 Å². The molecular formula is C39H60Cl2N10O11. The van der Waals surface area contributed by atoms with E-state index in [1.54, 1.807) is 41.8 Å². The Balaban J connectivity index is 0.00000961. The first-order valence-corrected chi connectivity index (χ1v) is 19.4. The number of amides is 4. The van der Waals surface area contributed by atoms with Crippen LogP contribution < -0.4 is 57.5 Å². The molecule has 21 nitrogen and oxygen atoms in total. The molecule has 11 N–H and O–H groups in total. The number of benzene rings is 2. The highest BCUT2D eigenvalue weighted by Gasteiger charge is 2.39. The summed E-state index contributed by atoms with van der Waals surface area (Å²) in [5.74, 6) is -1.21. The van der Waals surface area contributed by atoms with Crippen molar-refractivity contribution in [2.24, 2.45) is 22.2 Å². The molecule has 1 aliphatic heterocycles. The Bertz CT molecular complexity index is 1850. The number of aliphatic hydroxyl groups excluding tert-OH is 1. The number of halogens is 2. The van der Waals surface area contributed by atoms with Crippen LogP contribution in [-0.4, -0.2) is 123 Å². The number of nitrogens with zero attached hydrogens (tertiary/aromatic N) is 3. The first kappa shape index (κ1) is 54.4. The van der Waals surface area contributed by atoms with Crippen molar-refractivity contribution in [1.82, 2.24) is 21.0 Å². The number of nitrogens with one attached hydrogen (secondary N) is 4. The van der Waals surface area contributed by atoms with E-state index < -0.39 is 64.9 Å². The van der Waals surface area contributed by atoms with Crippen LogP contribution in [0, 0.1) is 10.1 Å². The molecule has 4 amide bonds. The van der Waals surface area contributed by atoms with Crippen molar-refractivity contribution in [3.8, 4) is 23.0 Å². The third-order valence-corrected chi connectivity index (χ3v) is 9.63. The normalized spacial score (nSPS) is 15.5. The molecule has 346 valence electrons. The smallest absolute Gasteiger partial charge is 0.251 e. The van der Waals surface area contributed by atoms with Crippen LogP contribution in [0.15, 0.2) is 35.3 Å². The highest BCUT2D eigenvalue weighted by atomic mass is 35.5. The summed E-state index contributed by atoms with van der Waals surface area (Å²) in [5, 5.41) is 28.0. The number of unbranched alkanes of at least 4 members (excludes halogenated alkanes) is 1. The van der Waals surface area contributed by atoms with Crippen LogP contribution in [0.1, 0.15) is 63.0 Å². The summed E-state index contributed by atoms with van der Waals surface area (Å²) in [5.41, 5.74) is 20.5. The summed E-state index contributed by atoms with van der Waals surface area (Å²) in [4.78, 5) is 70.8. The summed E-state index contributed by atoms with van der Waals surface area (Å²) in [7, 11) is 5.97. The van der Waals surface area contributed by atoms with Crippen LogP contribution in [-0.2, 0) is 19.2 Å². The van der Waals surface area contributed by atoms with Gasteiger partial charge in [0.15, 0.2) is 16.5 Å². The Labute approximate surface area is 372 Å². The third kappa shape index (κ3) is 16.0. The SMILES string of the molecule is COc1ccc(/C=C\c2cc(OC)c(OC)c(OC)c2)cc1NC(=O)[C@H](CCCN=C(N)N[N+](=O)[O-])NC(=O)[C@@H]1CCCN1C(=O)[C@H](CCCCN)NC(=O)[C@@H](N)[C@@H](C)O.Cl.Cl. The van der Waals surface area contributed by atoms with Crippen molar-refractivity contribution in [3.63, 3.8) is 0 Å². The maximum absolute atomic E-state index is 14.0. The van der Waals surface area contributed by atoms with E-state index in [1.807, 2.05) is 6.08 Å². The maximum atomic E-state index is 14.0. The van der Waals surface area contributed by atoms with Crippen molar-refractivity contribution in [2.75, 3.05) is 53.4 Å². The van der Waals surface area contributed by atoms with Crippen molar-refractivity contribution in [1.29, 1.82) is 0 Å². The molecule has 0 bridgehead atoms. The lowest BCUT2D eigenvalue weighted by Crippen LogP contribution is -2.58. The Kier molecular flexibility index (Phi) is 24.0. The number of aliphatic imine (C=N–C) groups is 1. The Morgan fingerprint density at radius 3 is 2.13 bits per heavy atom. The van der Waals surface area contributed by atoms with Crippen molar-refractivity contribution >= 4 is 72.2 Å². The molecule has 62 heavy (non-hydrogen) atoms. The van der Waals surface area contributed by atoms with Gasteiger partial charge in [0.1, 0.15) is 29.9 Å². The number of anilines is 1. The molecule has 1 saturated heterocycles.